The lowest BCUT2D eigenvalue weighted by Gasteiger charge is -2.25. The lowest BCUT2D eigenvalue weighted by molar-refractivity contribution is -0.160. The molecule has 248 valence electrons. The smallest absolute Gasteiger partial charge is 0.412 e. The number of likely N-dealkylation sites (tertiary alicyclic amines) is 1. The van der Waals surface area contributed by atoms with Crippen molar-refractivity contribution in [2.75, 3.05) is 20.2 Å². The van der Waals surface area contributed by atoms with Crippen LogP contribution in [0.5, 0.6) is 0 Å². The first-order valence-electron chi connectivity index (χ1n) is 14.3. The summed E-state index contributed by atoms with van der Waals surface area (Å²) in [5.74, 6) is -5.59. The summed E-state index contributed by atoms with van der Waals surface area (Å²) in [7, 11) is 1.15. The van der Waals surface area contributed by atoms with Gasteiger partial charge < -0.3 is 25.0 Å². The molecule has 4 amide bonds. The number of fused-ring (bicyclic) bond motifs is 3. The number of alkyl carbamates (subject to hydrolysis) is 1. The summed E-state index contributed by atoms with van der Waals surface area (Å²) in [5, 5.41) is 17.0. The van der Waals surface area contributed by atoms with E-state index < -0.39 is 61.1 Å². The molecule has 3 atom stereocenters. The van der Waals surface area contributed by atoms with Gasteiger partial charge in [-0.15, -0.1) is 11.3 Å². The van der Waals surface area contributed by atoms with Gasteiger partial charge in [-0.3, -0.25) is 25.1 Å². The molecule has 0 radical (unpaired) electrons. The Morgan fingerprint density at radius 1 is 1.06 bits per heavy atom. The van der Waals surface area contributed by atoms with E-state index in [1.165, 1.54) is 41.7 Å². The van der Waals surface area contributed by atoms with Gasteiger partial charge >= 0.3 is 12.7 Å². The molecule has 2 heterocycles. The number of alkyl halides is 4. The molecule has 3 aromatic rings. The minimum absolute atomic E-state index is 0.0256. The van der Waals surface area contributed by atoms with Crippen LogP contribution in [0.2, 0.25) is 0 Å². The van der Waals surface area contributed by atoms with E-state index in [0.29, 0.717) is 16.0 Å². The lowest BCUT2D eigenvalue weighted by atomic mass is 10.0. The SMILES string of the molecule is COC(=O)NC(=N)c1csc([C@@H](C)NC(=O)[C@@H]2C[C@@H](OC(F)F)CN2C(=O)CNC(=O)c2ccc3c(c2)-c2ccccc2C3(F)F)c1. The minimum atomic E-state index is -3.23. The van der Waals surface area contributed by atoms with Crippen LogP contribution in [0.4, 0.5) is 22.4 Å². The fourth-order valence-electron chi connectivity index (χ4n) is 5.56. The molecular formula is C31H29F4N5O6S. The topological polar surface area (TPSA) is 150 Å². The summed E-state index contributed by atoms with van der Waals surface area (Å²) in [6.45, 7) is -2.44. The third-order valence-corrected chi connectivity index (χ3v) is 8.98. The number of benzene rings is 2. The Morgan fingerprint density at radius 3 is 2.51 bits per heavy atom. The first-order chi connectivity index (χ1) is 22.3. The van der Waals surface area contributed by atoms with Crippen molar-refractivity contribution in [1.29, 1.82) is 5.41 Å². The number of hydrogen-bond acceptors (Lipinski definition) is 8. The van der Waals surface area contributed by atoms with Crippen molar-refractivity contribution in [3.63, 3.8) is 0 Å². The van der Waals surface area contributed by atoms with E-state index in [1.807, 2.05) is 0 Å². The van der Waals surface area contributed by atoms with Crippen molar-refractivity contribution < 1.29 is 46.2 Å². The Hall–Kier alpha value is -4.83. The maximum absolute atomic E-state index is 14.9. The van der Waals surface area contributed by atoms with Crippen LogP contribution in [-0.4, -0.2) is 73.5 Å². The number of amides is 4. The predicted molar refractivity (Wildman–Crippen MR) is 161 cm³/mol. The highest BCUT2D eigenvalue weighted by Gasteiger charge is 2.44. The fraction of sp³-hybridized carbons (Fsp3) is 0.323. The van der Waals surface area contributed by atoms with Crippen molar-refractivity contribution >= 4 is 41.0 Å². The van der Waals surface area contributed by atoms with Crippen molar-refractivity contribution in [2.45, 2.75) is 44.1 Å². The summed E-state index contributed by atoms with van der Waals surface area (Å²) < 4.78 is 64.9. The number of hydrogen-bond donors (Lipinski definition) is 4. The van der Waals surface area contributed by atoms with E-state index in [0.717, 1.165) is 18.1 Å². The number of rotatable bonds is 9. The van der Waals surface area contributed by atoms with Gasteiger partial charge in [0.2, 0.25) is 11.8 Å². The summed E-state index contributed by atoms with van der Waals surface area (Å²) in [4.78, 5) is 52.6. The number of carbonyl (C=O) groups is 4. The maximum Gasteiger partial charge on any atom is 0.412 e. The molecule has 11 nitrogen and oxygen atoms in total. The van der Waals surface area contributed by atoms with Crippen LogP contribution in [-0.2, 0) is 25.0 Å². The van der Waals surface area contributed by atoms with Gasteiger partial charge in [-0.1, -0.05) is 30.3 Å². The highest BCUT2D eigenvalue weighted by molar-refractivity contribution is 7.10. The van der Waals surface area contributed by atoms with Gasteiger partial charge in [0.1, 0.15) is 11.9 Å². The third kappa shape index (κ3) is 6.97. The van der Waals surface area contributed by atoms with E-state index >= 15 is 0 Å². The molecule has 47 heavy (non-hydrogen) atoms. The maximum atomic E-state index is 14.9. The van der Waals surface area contributed by atoms with Crippen LogP contribution in [0, 0.1) is 5.41 Å². The quantitative estimate of drug-likeness (QED) is 0.150. The van der Waals surface area contributed by atoms with E-state index in [2.05, 4.69) is 25.4 Å². The lowest BCUT2D eigenvalue weighted by Crippen LogP contribution is -2.49. The van der Waals surface area contributed by atoms with Crippen LogP contribution >= 0.6 is 11.3 Å². The number of methoxy groups -OCH3 is 1. The summed E-state index contributed by atoms with van der Waals surface area (Å²) >= 11 is 1.19. The third-order valence-electron chi connectivity index (χ3n) is 7.86. The summed E-state index contributed by atoms with van der Waals surface area (Å²) in [6.07, 6.45) is -2.21. The molecule has 1 aliphatic carbocycles. The monoisotopic (exact) mass is 675 g/mol. The van der Waals surface area contributed by atoms with E-state index in [9.17, 15) is 36.7 Å². The van der Waals surface area contributed by atoms with Gasteiger partial charge in [-0.25, -0.2) is 4.79 Å². The zero-order valence-electron chi connectivity index (χ0n) is 24.9. The van der Waals surface area contributed by atoms with Gasteiger partial charge in [0.15, 0.2) is 0 Å². The molecule has 0 saturated carbocycles. The molecule has 1 aliphatic heterocycles. The number of carbonyl (C=O) groups excluding carboxylic acids is 4. The van der Waals surface area contributed by atoms with Crippen molar-refractivity contribution in [3.8, 4) is 11.1 Å². The van der Waals surface area contributed by atoms with Gasteiger partial charge in [0.25, 0.3) is 11.8 Å². The Bertz CT molecular complexity index is 1730. The molecule has 2 aromatic carbocycles. The van der Waals surface area contributed by atoms with Crippen LogP contribution in [0.15, 0.2) is 53.9 Å². The Kier molecular flexibility index (Phi) is 9.63. The van der Waals surface area contributed by atoms with Crippen molar-refractivity contribution in [2.24, 2.45) is 0 Å². The number of nitrogens with zero attached hydrogens (tertiary/aromatic N) is 1. The first kappa shape index (κ1) is 33.5. The van der Waals surface area contributed by atoms with Crippen LogP contribution < -0.4 is 16.0 Å². The van der Waals surface area contributed by atoms with Crippen LogP contribution in [0.1, 0.15) is 51.3 Å². The standard InChI is InChI=1S/C31H29F4N5O6S/c1-15(24-10-17(14-47-24)26(36)39-30(44)45-2)38-28(43)23-11-18(46-29(32)33)13-40(23)25(41)12-37-27(42)16-7-8-22-20(9-16)19-5-3-4-6-21(19)31(22,34)35/h3-10,14-15,18,23,29H,11-13H2,1-2H3,(H,37,42)(H,38,43)(H2,36,39,44)/t15-,18-,23+/m1/s1. The molecule has 5 rings (SSSR count). The van der Waals surface area contributed by atoms with Crippen molar-refractivity contribution in [1.82, 2.24) is 20.9 Å². The van der Waals surface area contributed by atoms with E-state index in [1.54, 1.807) is 24.4 Å². The molecule has 0 bridgehead atoms. The molecule has 4 N–H and O–H groups in total. The molecule has 0 unspecified atom stereocenters. The molecule has 2 aliphatic rings. The Morgan fingerprint density at radius 2 is 1.79 bits per heavy atom. The minimum Gasteiger partial charge on any atom is -0.453 e. The number of ether oxygens (including phenoxy) is 2. The Balaban J connectivity index is 1.24. The summed E-state index contributed by atoms with van der Waals surface area (Å²) in [5.41, 5.74) is 0.445. The molecule has 16 heteroatoms. The molecular weight excluding hydrogens is 646 g/mol. The second-order valence-electron chi connectivity index (χ2n) is 10.8. The Labute approximate surface area is 269 Å². The molecule has 1 saturated heterocycles. The van der Waals surface area contributed by atoms with E-state index in [4.69, 9.17) is 5.41 Å². The first-order valence-corrected chi connectivity index (χ1v) is 15.1. The molecule has 1 aromatic heterocycles. The second-order valence-corrected chi connectivity index (χ2v) is 11.8. The fourth-order valence-corrected chi connectivity index (χ4v) is 6.47. The highest BCUT2D eigenvalue weighted by Crippen LogP contribution is 2.50. The van der Waals surface area contributed by atoms with Crippen LogP contribution in [0.3, 0.4) is 0 Å². The van der Waals surface area contributed by atoms with Gasteiger partial charge in [-0.2, -0.15) is 17.6 Å². The average Bonchev–Trinajstić information content (AvgIpc) is 3.75. The molecule has 1 fully saturated rings. The number of amidine groups is 1. The highest BCUT2D eigenvalue weighted by atomic mass is 32.1. The second kappa shape index (κ2) is 13.5. The van der Waals surface area contributed by atoms with Crippen molar-refractivity contribution in [3.05, 3.63) is 81.0 Å². The van der Waals surface area contributed by atoms with Gasteiger partial charge in [0.05, 0.1) is 25.8 Å². The molecule has 0 spiro atoms. The largest absolute Gasteiger partial charge is 0.453 e. The summed E-state index contributed by atoms with van der Waals surface area (Å²) in [6, 6.07) is 9.40. The van der Waals surface area contributed by atoms with Crippen LogP contribution in [0.25, 0.3) is 11.1 Å². The number of thiophene rings is 1. The number of nitrogens with one attached hydrogen (secondary N) is 4. The normalized spacial score (nSPS) is 18.2. The van der Waals surface area contributed by atoms with E-state index in [-0.39, 0.29) is 41.1 Å². The average molecular weight is 676 g/mol. The van der Waals surface area contributed by atoms with Gasteiger partial charge in [-0.05, 0) is 36.2 Å². The number of halogens is 4. The van der Waals surface area contributed by atoms with Gasteiger partial charge in [0, 0.05) is 45.5 Å². The zero-order valence-corrected chi connectivity index (χ0v) is 25.8. The predicted octanol–water partition coefficient (Wildman–Crippen LogP) is 4.37. The zero-order chi connectivity index (χ0) is 34.0.